The van der Waals surface area contributed by atoms with Crippen molar-refractivity contribution >= 4 is 16.7 Å². The molecule has 2 N–H and O–H groups in total. The van der Waals surface area contributed by atoms with Crippen molar-refractivity contribution in [3.05, 3.63) is 52.4 Å². The molecule has 2 aromatic carbocycles. The van der Waals surface area contributed by atoms with Gasteiger partial charge in [0.25, 0.3) is 0 Å². The summed E-state index contributed by atoms with van der Waals surface area (Å²) in [5, 5.41) is 0.392. The minimum atomic E-state index is -0.518. The van der Waals surface area contributed by atoms with Crippen LogP contribution in [0.5, 0.6) is 11.5 Å². The lowest BCUT2D eigenvalue weighted by atomic mass is 10.1. The number of halogens is 1. The van der Waals surface area contributed by atoms with Gasteiger partial charge in [-0.2, -0.15) is 0 Å². The van der Waals surface area contributed by atoms with Crippen LogP contribution in [0.25, 0.3) is 22.3 Å². The summed E-state index contributed by atoms with van der Waals surface area (Å²) in [7, 11) is 0. The Labute approximate surface area is 123 Å². The zero-order chi connectivity index (χ0) is 15.3. The fourth-order valence-corrected chi connectivity index (χ4v) is 2.38. The first-order valence-corrected chi connectivity index (χ1v) is 6.55. The predicted octanol–water partition coefficient (Wildman–Crippen LogP) is 2.91. The zero-order valence-corrected chi connectivity index (χ0v) is 11.3. The highest BCUT2D eigenvalue weighted by molar-refractivity contribution is 5.83. The maximum atomic E-state index is 13.2. The van der Waals surface area contributed by atoms with E-state index in [0.717, 1.165) is 0 Å². The lowest BCUT2D eigenvalue weighted by Crippen LogP contribution is -2.01. The third-order valence-electron chi connectivity index (χ3n) is 3.50. The molecule has 0 radical (unpaired) electrons. The van der Waals surface area contributed by atoms with Crippen LogP contribution >= 0.6 is 0 Å². The van der Waals surface area contributed by atoms with Crippen molar-refractivity contribution < 1.29 is 18.3 Å². The SMILES string of the molecule is Nc1cc(-c2cc(=O)c3cc4c(cc3o2)OCO4)ccc1F. The molecule has 4 rings (SSSR count). The Morgan fingerprint density at radius 3 is 2.59 bits per heavy atom. The topological polar surface area (TPSA) is 74.7 Å². The normalized spacial score (nSPS) is 12.8. The molecular weight excluding hydrogens is 289 g/mol. The summed E-state index contributed by atoms with van der Waals surface area (Å²) in [5.41, 5.74) is 6.21. The highest BCUT2D eigenvalue weighted by Crippen LogP contribution is 2.36. The van der Waals surface area contributed by atoms with Gasteiger partial charge in [0, 0.05) is 17.7 Å². The summed E-state index contributed by atoms with van der Waals surface area (Å²) in [6.07, 6.45) is 0. The van der Waals surface area contributed by atoms with E-state index in [1.165, 1.54) is 24.3 Å². The summed E-state index contributed by atoms with van der Waals surface area (Å²) >= 11 is 0. The van der Waals surface area contributed by atoms with Crippen LogP contribution in [0, 0.1) is 5.82 Å². The molecule has 2 heterocycles. The van der Waals surface area contributed by atoms with E-state index in [1.54, 1.807) is 12.1 Å². The van der Waals surface area contributed by atoms with Gasteiger partial charge in [0.05, 0.1) is 11.1 Å². The summed E-state index contributed by atoms with van der Waals surface area (Å²) in [4.78, 5) is 12.3. The first-order chi connectivity index (χ1) is 10.6. The Hall–Kier alpha value is -3.02. The molecule has 1 aromatic heterocycles. The summed E-state index contributed by atoms with van der Waals surface area (Å²) in [6.45, 7) is 0.112. The second-order valence-corrected chi connectivity index (χ2v) is 4.91. The summed E-state index contributed by atoms with van der Waals surface area (Å²) < 4.78 is 29.5. The maximum Gasteiger partial charge on any atom is 0.231 e. The fourth-order valence-electron chi connectivity index (χ4n) is 2.38. The fraction of sp³-hybridized carbons (Fsp3) is 0.0625. The van der Waals surface area contributed by atoms with E-state index in [1.807, 2.05) is 0 Å². The van der Waals surface area contributed by atoms with Crippen LogP contribution in [0.1, 0.15) is 0 Å². The van der Waals surface area contributed by atoms with Crippen molar-refractivity contribution in [3.63, 3.8) is 0 Å². The van der Waals surface area contributed by atoms with E-state index in [0.29, 0.717) is 33.8 Å². The van der Waals surface area contributed by atoms with Gasteiger partial charge < -0.3 is 19.6 Å². The molecule has 0 spiro atoms. The lowest BCUT2D eigenvalue weighted by molar-refractivity contribution is 0.174. The number of fused-ring (bicyclic) bond motifs is 2. The van der Waals surface area contributed by atoms with Crippen LogP contribution in [0.3, 0.4) is 0 Å². The molecule has 0 atom stereocenters. The second-order valence-electron chi connectivity index (χ2n) is 4.91. The van der Waals surface area contributed by atoms with Gasteiger partial charge in [0.1, 0.15) is 17.2 Å². The molecule has 0 bridgehead atoms. The van der Waals surface area contributed by atoms with Crippen molar-refractivity contribution in [1.82, 2.24) is 0 Å². The second kappa shape index (κ2) is 4.49. The molecule has 1 aliphatic heterocycles. The van der Waals surface area contributed by atoms with Gasteiger partial charge in [-0.15, -0.1) is 0 Å². The van der Waals surface area contributed by atoms with Gasteiger partial charge in [0.2, 0.25) is 6.79 Å². The molecule has 0 amide bonds. The molecule has 0 unspecified atom stereocenters. The van der Waals surface area contributed by atoms with E-state index in [2.05, 4.69) is 0 Å². The average Bonchev–Trinajstić information content (AvgIpc) is 2.95. The number of benzene rings is 2. The number of hydrogen-bond donors (Lipinski definition) is 1. The number of nitrogens with two attached hydrogens (primary N) is 1. The van der Waals surface area contributed by atoms with Crippen LogP contribution in [-0.4, -0.2) is 6.79 Å². The monoisotopic (exact) mass is 299 g/mol. The van der Waals surface area contributed by atoms with Crippen LogP contribution in [-0.2, 0) is 0 Å². The van der Waals surface area contributed by atoms with Gasteiger partial charge in [-0.05, 0) is 24.3 Å². The number of nitrogen functional groups attached to an aromatic ring is 1. The Balaban J connectivity index is 1.94. The highest BCUT2D eigenvalue weighted by atomic mass is 19.1. The van der Waals surface area contributed by atoms with Crippen molar-refractivity contribution in [3.8, 4) is 22.8 Å². The van der Waals surface area contributed by atoms with Gasteiger partial charge in [0.15, 0.2) is 16.9 Å². The Kier molecular flexibility index (Phi) is 2.59. The van der Waals surface area contributed by atoms with Crippen molar-refractivity contribution in [2.45, 2.75) is 0 Å². The van der Waals surface area contributed by atoms with Crippen molar-refractivity contribution in [2.24, 2.45) is 0 Å². The van der Waals surface area contributed by atoms with E-state index in [-0.39, 0.29) is 17.9 Å². The Morgan fingerprint density at radius 2 is 1.82 bits per heavy atom. The Bertz CT molecular complexity index is 964. The molecule has 22 heavy (non-hydrogen) atoms. The molecule has 5 nitrogen and oxygen atoms in total. The van der Waals surface area contributed by atoms with Gasteiger partial charge in [-0.25, -0.2) is 4.39 Å². The largest absolute Gasteiger partial charge is 0.456 e. The summed E-state index contributed by atoms with van der Waals surface area (Å²) in [6, 6.07) is 8.70. The molecular formula is C16H10FNO4. The quantitative estimate of drug-likeness (QED) is 0.699. The molecule has 0 saturated heterocycles. The van der Waals surface area contributed by atoms with Crippen LogP contribution < -0.4 is 20.6 Å². The zero-order valence-electron chi connectivity index (χ0n) is 11.3. The van der Waals surface area contributed by atoms with Crippen LogP contribution in [0.2, 0.25) is 0 Å². The lowest BCUT2D eigenvalue weighted by Gasteiger charge is -2.05. The average molecular weight is 299 g/mol. The van der Waals surface area contributed by atoms with E-state index in [4.69, 9.17) is 19.6 Å². The third kappa shape index (κ3) is 1.88. The first kappa shape index (κ1) is 12.7. The molecule has 1 aliphatic rings. The molecule has 6 heteroatoms. The minimum Gasteiger partial charge on any atom is -0.456 e. The van der Waals surface area contributed by atoms with E-state index in [9.17, 15) is 9.18 Å². The van der Waals surface area contributed by atoms with Gasteiger partial charge in [-0.3, -0.25) is 4.79 Å². The number of ether oxygens (including phenoxy) is 2. The molecule has 0 saturated carbocycles. The Morgan fingerprint density at radius 1 is 1.05 bits per heavy atom. The van der Waals surface area contributed by atoms with Crippen LogP contribution in [0.4, 0.5) is 10.1 Å². The summed E-state index contributed by atoms with van der Waals surface area (Å²) in [5.74, 6) is 0.823. The standard InChI is InChI=1S/C16H10FNO4/c17-10-2-1-8(3-11(10)18)13-5-12(19)9-4-15-16(21-7-20-15)6-14(9)22-13/h1-6H,7,18H2. The van der Waals surface area contributed by atoms with Gasteiger partial charge in [-0.1, -0.05) is 0 Å². The van der Waals surface area contributed by atoms with Gasteiger partial charge >= 0.3 is 0 Å². The maximum absolute atomic E-state index is 13.2. The molecule has 0 fully saturated rings. The molecule has 0 aliphatic carbocycles. The van der Waals surface area contributed by atoms with Crippen LogP contribution in [0.15, 0.2) is 45.6 Å². The number of hydrogen-bond acceptors (Lipinski definition) is 5. The smallest absolute Gasteiger partial charge is 0.231 e. The number of anilines is 1. The molecule has 110 valence electrons. The predicted molar refractivity (Wildman–Crippen MR) is 78.4 cm³/mol. The van der Waals surface area contributed by atoms with E-state index >= 15 is 0 Å². The van der Waals surface area contributed by atoms with E-state index < -0.39 is 5.82 Å². The van der Waals surface area contributed by atoms with Crippen molar-refractivity contribution in [1.29, 1.82) is 0 Å². The first-order valence-electron chi connectivity index (χ1n) is 6.55. The minimum absolute atomic E-state index is 0.00840. The highest BCUT2D eigenvalue weighted by Gasteiger charge is 2.17. The third-order valence-corrected chi connectivity index (χ3v) is 3.50. The molecule has 3 aromatic rings. The van der Waals surface area contributed by atoms with Crippen molar-refractivity contribution in [2.75, 3.05) is 12.5 Å². The number of rotatable bonds is 1.